The van der Waals surface area contributed by atoms with E-state index in [-0.39, 0.29) is 0 Å². The quantitative estimate of drug-likeness (QED) is 0.792. The summed E-state index contributed by atoms with van der Waals surface area (Å²) >= 11 is 1.86. The molecule has 0 aromatic carbocycles. The van der Waals surface area contributed by atoms with Crippen molar-refractivity contribution in [3.8, 4) is 0 Å². The first-order valence-corrected chi connectivity index (χ1v) is 6.20. The summed E-state index contributed by atoms with van der Waals surface area (Å²) < 4.78 is 0. The number of hydrogen-bond donors (Lipinski definition) is 1. The molecule has 80 valence electrons. The van der Waals surface area contributed by atoms with E-state index in [4.69, 9.17) is 5.73 Å². The molecule has 0 radical (unpaired) electrons. The minimum atomic E-state index is 0.322. The van der Waals surface area contributed by atoms with Crippen molar-refractivity contribution in [1.82, 2.24) is 0 Å². The molecule has 1 unspecified atom stereocenters. The van der Waals surface area contributed by atoms with Gasteiger partial charge in [-0.15, -0.1) is 11.3 Å². The van der Waals surface area contributed by atoms with Crippen LogP contribution in [0.1, 0.15) is 44.9 Å². The highest BCUT2D eigenvalue weighted by molar-refractivity contribution is 7.10. The van der Waals surface area contributed by atoms with E-state index in [1.165, 1.54) is 17.7 Å². The summed E-state index contributed by atoms with van der Waals surface area (Å²) in [5.41, 5.74) is 6.07. The molecule has 1 aromatic rings. The molecule has 1 rings (SSSR count). The highest BCUT2D eigenvalue weighted by atomic mass is 32.1. The maximum Gasteiger partial charge on any atom is 0.0101 e. The number of nitrogens with two attached hydrogens (primary N) is 1. The normalized spacial score (nSPS) is 14.3. The van der Waals surface area contributed by atoms with Gasteiger partial charge in [0.25, 0.3) is 0 Å². The molecular weight excluding hydrogens is 190 g/mol. The van der Waals surface area contributed by atoms with Gasteiger partial charge in [-0.2, -0.15) is 0 Å². The maximum atomic E-state index is 5.74. The fourth-order valence-electron chi connectivity index (χ4n) is 1.65. The van der Waals surface area contributed by atoms with E-state index in [9.17, 15) is 0 Å². The molecule has 0 amide bonds. The van der Waals surface area contributed by atoms with Gasteiger partial charge >= 0.3 is 0 Å². The zero-order valence-corrected chi connectivity index (χ0v) is 10.2. The second-order valence-electron chi connectivity index (χ2n) is 4.73. The van der Waals surface area contributed by atoms with Gasteiger partial charge in [0, 0.05) is 10.9 Å². The largest absolute Gasteiger partial charge is 0.328 e. The first kappa shape index (κ1) is 11.7. The molecule has 0 saturated heterocycles. The summed E-state index contributed by atoms with van der Waals surface area (Å²) in [7, 11) is 0. The van der Waals surface area contributed by atoms with E-state index < -0.39 is 0 Å². The summed E-state index contributed by atoms with van der Waals surface area (Å²) in [4.78, 5) is 1.49. The Bertz CT molecular complexity index is 249. The molecule has 0 aliphatic heterocycles. The van der Waals surface area contributed by atoms with Gasteiger partial charge in [-0.1, -0.05) is 26.3 Å². The fourth-order valence-corrected chi connectivity index (χ4v) is 2.53. The van der Waals surface area contributed by atoms with Crippen LogP contribution < -0.4 is 5.73 Å². The standard InChI is InChI=1S/C12H21NS/c1-10(13)6-4-8-12(2,3)11-7-5-9-14-11/h5,7,9-10H,4,6,8,13H2,1-3H3. The van der Waals surface area contributed by atoms with Crippen molar-refractivity contribution < 1.29 is 0 Å². The van der Waals surface area contributed by atoms with Gasteiger partial charge in [0.15, 0.2) is 0 Å². The summed E-state index contributed by atoms with van der Waals surface area (Å²) in [6, 6.07) is 4.71. The molecule has 14 heavy (non-hydrogen) atoms. The van der Waals surface area contributed by atoms with Crippen LogP contribution in [0.15, 0.2) is 17.5 Å². The predicted octanol–water partition coefficient (Wildman–Crippen LogP) is 3.54. The highest BCUT2D eigenvalue weighted by Gasteiger charge is 2.20. The van der Waals surface area contributed by atoms with Crippen molar-refractivity contribution in [2.75, 3.05) is 0 Å². The van der Waals surface area contributed by atoms with Crippen LogP contribution in [0.5, 0.6) is 0 Å². The average Bonchev–Trinajstić information content (AvgIpc) is 2.54. The van der Waals surface area contributed by atoms with Crippen LogP contribution in [0.2, 0.25) is 0 Å². The molecule has 1 aromatic heterocycles. The molecule has 0 spiro atoms. The van der Waals surface area contributed by atoms with Gasteiger partial charge in [-0.3, -0.25) is 0 Å². The van der Waals surface area contributed by atoms with E-state index in [0.717, 1.165) is 6.42 Å². The summed E-state index contributed by atoms with van der Waals surface area (Å²) in [6.07, 6.45) is 3.59. The molecule has 0 saturated carbocycles. The van der Waals surface area contributed by atoms with Crippen molar-refractivity contribution in [2.45, 2.75) is 51.5 Å². The third-order valence-electron chi connectivity index (χ3n) is 2.65. The Balaban J connectivity index is 2.42. The fraction of sp³-hybridized carbons (Fsp3) is 0.667. The molecule has 2 N–H and O–H groups in total. The lowest BCUT2D eigenvalue weighted by molar-refractivity contribution is 0.446. The molecule has 1 atom stereocenters. The molecule has 2 heteroatoms. The molecular formula is C12H21NS. The minimum Gasteiger partial charge on any atom is -0.328 e. The van der Waals surface area contributed by atoms with Crippen LogP contribution in [0.25, 0.3) is 0 Å². The molecule has 1 nitrogen and oxygen atoms in total. The summed E-state index contributed by atoms with van der Waals surface area (Å²) in [5, 5.41) is 2.16. The molecule has 1 heterocycles. The molecule has 0 aliphatic carbocycles. The lowest BCUT2D eigenvalue weighted by Gasteiger charge is -2.23. The van der Waals surface area contributed by atoms with Crippen LogP contribution in [0.3, 0.4) is 0 Å². The maximum absolute atomic E-state index is 5.74. The minimum absolute atomic E-state index is 0.322. The smallest absolute Gasteiger partial charge is 0.0101 e. The summed E-state index contributed by atoms with van der Waals surface area (Å²) in [6.45, 7) is 6.72. The Morgan fingerprint density at radius 2 is 2.21 bits per heavy atom. The van der Waals surface area contributed by atoms with Crippen molar-refractivity contribution in [3.63, 3.8) is 0 Å². The number of thiophene rings is 1. The zero-order chi connectivity index (χ0) is 10.6. The van der Waals surface area contributed by atoms with E-state index >= 15 is 0 Å². The van der Waals surface area contributed by atoms with Crippen molar-refractivity contribution in [1.29, 1.82) is 0 Å². The van der Waals surface area contributed by atoms with Gasteiger partial charge in [0.2, 0.25) is 0 Å². The SMILES string of the molecule is CC(N)CCCC(C)(C)c1cccs1. The van der Waals surface area contributed by atoms with Crippen LogP contribution >= 0.6 is 11.3 Å². The Kier molecular flexibility index (Phi) is 4.14. The predicted molar refractivity (Wildman–Crippen MR) is 64.8 cm³/mol. The molecule has 0 bridgehead atoms. The Morgan fingerprint density at radius 1 is 1.50 bits per heavy atom. The van der Waals surface area contributed by atoms with Crippen LogP contribution in [-0.4, -0.2) is 6.04 Å². The molecule has 0 fully saturated rings. The first-order valence-electron chi connectivity index (χ1n) is 5.32. The third-order valence-corrected chi connectivity index (χ3v) is 3.89. The number of hydrogen-bond acceptors (Lipinski definition) is 2. The van der Waals surface area contributed by atoms with Crippen molar-refractivity contribution >= 4 is 11.3 Å². The zero-order valence-electron chi connectivity index (χ0n) is 9.42. The van der Waals surface area contributed by atoms with Gasteiger partial charge in [0.05, 0.1) is 0 Å². The Morgan fingerprint density at radius 3 is 2.71 bits per heavy atom. The third kappa shape index (κ3) is 3.43. The van der Waals surface area contributed by atoms with E-state index in [1.807, 2.05) is 11.3 Å². The van der Waals surface area contributed by atoms with Crippen molar-refractivity contribution in [2.24, 2.45) is 5.73 Å². The number of rotatable bonds is 5. The van der Waals surface area contributed by atoms with Crippen LogP contribution in [-0.2, 0) is 5.41 Å². The van der Waals surface area contributed by atoms with Gasteiger partial charge in [0.1, 0.15) is 0 Å². The van der Waals surface area contributed by atoms with Crippen LogP contribution in [0.4, 0.5) is 0 Å². The lowest BCUT2D eigenvalue weighted by Crippen LogP contribution is -2.19. The Hall–Kier alpha value is -0.340. The second-order valence-corrected chi connectivity index (χ2v) is 5.68. The summed E-state index contributed by atoms with van der Waals surface area (Å²) in [5.74, 6) is 0. The van der Waals surface area contributed by atoms with Gasteiger partial charge < -0.3 is 5.73 Å². The van der Waals surface area contributed by atoms with E-state index in [0.29, 0.717) is 11.5 Å². The highest BCUT2D eigenvalue weighted by Crippen LogP contribution is 2.32. The topological polar surface area (TPSA) is 26.0 Å². The van der Waals surface area contributed by atoms with Gasteiger partial charge in [-0.25, -0.2) is 0 Å². The molecule has 0 aliphatic rings. The van der Waals surface area contributed by atoms with E-state index in [2.05, 4.69) is 38.3 Å². The lowest BCUT2D eigenvalue weighted by atomic mass is 9.85. The van der Waals surface area contributed by atoms with Crippen molar-refractivity contribution in [3.05, 3.63) is 22.4 Å². The van der Waals surface area contributed by atoms with E-state index in [1.54, 1.807) is 0 Å². The van der Waals surface area contributed by atoms with Gasteiger partial charge in [-0.05, 0) is 36.6 Å². The average molecular weight is 211 g/mol. The second kappa shape index (κ2) is 4.94. The van der Waals surface area contributed by atoms with Crippen LogP contribution in [0, 0.1) is 0 Å². The monoisotopic (exact) mass is 211 g/mol. The first-order chi connectivity index (χ1) is 6.52. The Labute approximate surface area is 91.3 Å².